The Bertz CT molecular complexity index is 701. The molecule has 0 spiro atoms. The minimum Gasteiger partial charge on any atom is -0.354 e. The molecule has 2 aliphatic rings. The summed E-state index contributed by atoms with van der Waals surface area (Å²) in [6.45, 7) is 9.77. The maximum Gasteiger partial charge on any atom is 0.151 e. The Morgan fingerprint density at radius 3 is 2.24 bits per heavy atom. The predicted molar refractivity (Wildman–Crippen MR) is 102 cm³/mol. The van der Waals surface area contributed by atoms with Crippen molar-refractivity contribution in [1.29, 1.82) is 0 Å². The second-order valence-electron chi connectivity index (χ2n) is 8.58. The Hall–Kier alpha value is -1.94. The molecule has 1 aliphatic heterocycles. The van der Waals surface area contributed by atoms with E-state index in [1.54, 1.807) is 0 Å². The lowest BCUT2D eigenvalue weighted by Crippen LogP contribution is -2.52. The molecular formula is C21H28N4. The van der Waals surface area contributed by atoms with E-state index in [9.17, 15) is 0 Å². The SMILES string of the molecule is CC(C)(C)c1ccc(N2CC(CNC3Cc4ccccc4C3)C2)nn1. The summed E-state index contributed by atoms with van der Waals surface area (Å²) in [6.07, 6.45) is 2.35. The van der Waals surface area contributed by atoms with Crippen LogP contribution in [0, 0.1) is 5.92 Å². The summed E-state index contributed by atoms with van der Waals surface area (Å²) < 4.78 is 0. The summed E-state index contributed by atoms with van der Waals surface area (Å²) in [6, 6.07) is 13.7. The van der Waals surface area contributed by atoms with Gasteiger partial charge in [0.2, 0.25) is 0 Å². The number of fused-ring (bicyclic) bond motifs is 1. The topological polar surface area (TPSA) is 41.0 Å². The van der Waals surface area contributed by atoms with Gasteiger partial charge in [0.25, 0.3) is 0 Å². The first-order chi connectivity index (χ1) is 12.0. The van der Waals surface area contributed by atoms with Crippen molar-refractivity contribution in [2.75, 3.05) is 24.5 Å². The first-order valence-corrected chi connectivity index (χ1v) is 9.38. The lowest BCUT2D eigenvalue weighted by Gasteiger charge is -2.40. The summed E-state index contributed by atoms with van der Waals surface area (Å²) in [5, 5.41) is 12.6. The molecule has 0 atom stereocenters. The Balaban J connectivity index is 1.23. The van der Waals surface area contributed by atoms with Crippen molar-refractivity contribution in [2.45, 2.75) is 45.1 Å². The molecule has 0 unspecified atom stereocenters. The Kier molecular flexibility index (Phi) is 4.24. The van der Waals surface area contributed by atoms with Crippen LogP contribution in [0.25, 0.3) is 0 Å². The number of hydrogen-bond acceptors (Lipinski definition) is 4. The van der Waals surface area contributed by atoms with Gasteiger partial charge in [-0.1, -0.05) is 45.0 Å². The summed E-state index contributed by atoms with van der Waals surface area (Å²) in [7, 11) is 0. The molecular weight excluding hydrogens is 308 g/mol. The zero-order chi connectivity index (χ0) is 17.4. The average Bonchev–Trinajstić information content (AvgIpc) is 2.96. The second-order valence-corrected chi connectivity index (χ2v) is 8.58. The fourth-order valence-electron chi connectivity index (χ4n) is 3.82. The van der Waals surface area contributed by atoms with Crippen molar-refractivity contribution in [3.8, 4) is 0 Å². The number of rotatable bonds is 4. The highest BCUT2D eigenvalue weighted by molar-refractivity contribution is 5.41. The highest BCUT2D eigenvalue weighted by atomic mass is 15.3. The highest BCUT2D eigenvalue weighted by Gasteiger charge is 2.29. The lowest BCUT2D eigenvalue weighted by atomic mass is 9.92. The second kappa shape index (κ2) is 6.41. The van der Waals surface area contributed by atoms with Gasteiger partial charge in [-0.25, -0.2) is 0 Å². The van der Waals surface area contributed by atoms with Crippen molar-refractivity contribution < 1.29 is 0 Å². The molecule has 1 aromatic heterocycles. The molecule has 2 heterocycles. The van der Waals surface area contributed by atoms with Crippen LogP contribution in [-0.4, -0.2) is 35.9 Å². The third kappa shape index (κ3) is 3.54. The standard InChI is InChI=1S/C21H28N4/c1-21(2,3)19-8-9-20(24-23-19)25-13-15(14-25)12-22-18-10-16-6-4-5-7-17(16)11-18/h4-9,15,18,22H,10-14H2,1-3H3. The molecule has 2 aromatic rings. The van der Waals surface area contributed by atoms with Crippen LogP contribution in [0.5, 0.6) is 0 Å². The van der Waals surface area contributed by atoms with Crippen molar-refractivity contribution in [3.05, 3.63) is 53.2 Å². The molecule has 25 heavy (non-hydrogen) atoms. The lowest BCUT2D eigenvalue weighted by molar-refractivity contribution is 0.360. The predicted octanol–water partition coefficient (Wildman–Crippen LogP) is 2.97. The van der Waals surface area contributed by atoms with Crippen LogP contribution in [0.2, 0.25) is 0 Å². The molecule has 0 bridgehead atoms. The van der Waals surface area contributed by atoms with Gasteiger partial charge in [-0.3, -0.25) is 0 Å². The summed E-state index contributed by atoms with van der Waals surface area (Å²) in [5.74, 6) is 1.73. The van der Waals surface area contributed by atoms with E-state index in [1.165, 1.54) is 24.0 Å². The normalized spacial score (nSPS) is 18.3. The van der Waals surface area contributed by atoms with Crippen LogP contribution in [0.15, 0.2) is 36.4 Å². The molecule has 0 radical (unpaired) electrons. The van der Waals surface area contributed by atoms with E-state index in [0.29, 0.717) is 12.0 Å². The number of anilines is 1. The summed E-state index contributed by atoms with van der Waals surface area (Å²) in [4.78, 5) is 2.33. The van der Waals surface area contributed by atoms with Gasteiger partial charge in [0.15, 0.2) is 5.82 Å². The van der Waals surface area contributed by atoms with Crippen molar-refractivity contribution >= 4 is 5.82 Å². The molecule has 0 amide bonds. The quantitative estimate of drug-likeness (QED) is 0.932. The molecule has 1 fully saturated rings. The zero-order valence-corrected chi connectivity index (χ0v) is 15.5. The summed E-state index contributed by atoms with van der Waals surface area (Å²) >= 11 is 0. The van der Waals surface area contributed by atoms with Crippen LogP contribution in [-0.2, 0) is 18.3 Å². The minimum absolute atomic E-state index is 0.0613. The Morgan fingerprint density at radius 1 is 1.00 bits per heavy atom. The molecule has 4 heteroatoms. The van der Waals surface area contributed by atoms with E-state index >= 15 is 0 Å². The van der Waals surface area contributed by atoms with Gasteiger partial charge in [-0.05, 0) is 36.1 Å². The molecule has 4 nitrogen and oxygen atoms in total. The van der Waals surface area contributed by atoms with Crippen molar-refractivity contribution in [2.24, 2.45) is 5.92 Å². The van der Waals surface area contributed by atoms with Crippen molar-refractivity contribution in [1.82, 2.24) is 15.5 Å². The largest absolute Gasteiger partial charge is 0.354 e. The third-order valence-electron chi connectivity index (χ3n) is 5.45. The Labute approximate surface area is 150 Å². The van der Waals surface area contributed by atoms with Gasteiger partial charge in [-0.2, -0.15) is 5.10 Å². The van der Waals surface area contributed by atoms with E-state index in [1.807, 2.05) is 0 Å². The first kappa shape index (κ1) is 16.5. The third-order valence-corrected chi connectivity index (χ3v) is 5.45. The van der Waals surface area contributed by atoms with E-state index in [-0.39, 0.29) is 5.41 Å². The van der Waals surface area contributed by atoms with Gasteiger partial charge in [-0.15, -0.1) is 5.10 Å². The maximum absolute atomic E-state index is 4.42. The number of aromatic nitrogens is 2. The molecule has 132 valence electrons. The fraction of sp³-hybridized carbons (Fsp3) is 0.524. The van der Waals surface area contributed by atoms with Crippen LogP contribution in [0.4, 0.5) is 5.82 Å². The van der Waals surface area contributed by atoms with Crippen LogP contribution >= 0.6 is 0 Å². The smallest absolute Gasteiger partial charge is 0.151 e. The fourth-order valence-corrected chi connectivity index (χ4v) is 3.82. The van der Waals surface area contributed by atoms with E-state index < -0.39 is 0 Å². The molecule has 1 aliphatic carbocycles. The van der Waals surface area contributed by atoms with Crippen LogP contribution in [0.3, 0.4) is 0 Å². The molecule has 1 aromatic carbocycles. The molecule has 4 rings (SSSR count). The summed E-state index contributed by atoms with van der Waals surface area (Å²) in [5.41, 5.74) is 4.15. The monoisotopic (exact) mass is 336 g/mol. The van der Waals surface area contributed by atoms with Gasteiger partial charge in [0, 0.05) is 37.0 Å². The average molecular weight is 336 g/mol. The van der Waals surface area contributed by atoms with E-state index in [0.717, 1.165) is 31.1 Å². The van der Waals surface area contributed by atoms with Crippen molar-refractivity contribution in [3.63, 3.8) is 0 Å². The minimum atomic E-state index is 0.0613. The first-order valence-electron chi connectivity index (χ1n) is 9.38. The van der Waals surface area contributed by atoms with E-state index in [2.05, 4.69) is 77.6 Å². The van der Waals surface area contributed by atoms with Gasteiger partial charge < -0.3 is 10.2 Å². The van der Waals surface area contributed by atoms with Gasteiger partial charge in [0.1, 0.15) is 0 Å². The number of nitrogens with one attached hydrogen (secondary N) is 1. The molecule has 1 N–H and O–H groups in total. The Morgan fingerprint density at radius 2 is 1.68 bits per heavy atom. The number of nitrogens with zero attached hydrogens (tertiary/aromatic N) is 3. The maximum atomic E-state index is 4.42. The highest BCUT2D eigenvalue weighted by Crippen LogP contribution is 2.26. The molecule has 0 saturated carbocycles. The van der Waals surface area contributed by atoms with E-state index in [4.69, 9.17) is 0 Å². The van der Waals surface area contributed by atoms with Crippen LogP contribution < -0.4 is 10.2 Å². The zero-order valence-electron chi connectivity index (χ0n) is 15.5. The van der Waals surface area contributed by atoms with Gasteiger partial charge >= 0.3 is 0 Å². The number of benzene rings is 1. The van der Waals surface area contributed by atoms with Crippen LogP contribution in [0.1, 0.15) is 37.6 Å². The number of hydrogen-bond donors (Lipinski definition) is 1. The van der Waals surface area contributed by atoms with Gasteiger partial charge in [0.05, 0.1) is 5.69 Å². The molecule has 1 saturated heterocycles.